The summed E-state index contributed by atoms with van der Waals surface area (Å²) >= 11 is 7.03. The van der Waals surface area contributed by atoms with Gasteiger partial charge in [0, 0.05) is 4.47 Å². The second-order valence-corrected chi connectivity index (χ2v) is 5.76. The highest BCUT2D eigenvalue weighted by Gasteiger charge is 2.09. The molecule has 0 amide bonds. The van der Waals surface area contributed by atoms with Crippen LogP contribution in [0.1, 0.15) is 11.1 Å². The summed E-state index contributed by atoms with van der Waals surface area (Å²) in [7, 11) is 0. The molecule has 2 rings (SSSR count). The van der Waals surface area contributed by atoms with E-state index in [9.17, 15) is 0 Å². The first kappa shape index (κ1) is 13.4. The molecule has 0 atom stereocenters. The second kappa shape index (κ2) is 5.28. The van der Waals surface area contributed by atoms with Crippen LogP contribution < -0.4 is 11.1 Å². The zero-order valence-corrected chi connectivity index (χ0v) is 13.3. The SMILES string of the molecule is Cc1ccc(Br)c(Nc2ncc(N)c(C)c2Br)c1. The van der Waals surface area contributed by atoms with Crippen molar-refractivity contribution < 1.29 is 0 Å². The number of hydrogen-bond acceptors (Lipinski definition) is 3. The highest BCUT2D eigenvalue weighted by molar-refractivity contribution is 9.11. The first-order chi connectivity index (χ1) is 8.49. The minimum absolute atomic E-state index is 0.677. The van der Waals surface area contributed by atoms with E-state index < -0.39 is 0 Å². The normalized spacial score (nSPS) is 10.4. The molecule has 1 heterocycles. The van der Waals surface area contributed by atoms with Crippen molar-refractivity contribution in [2.45, 2.75) is 13.8 Å². The molecule has 94 valence electrons. The molecule has 0 radical (unpaired) electrons. The molecular formula is C13H13Br2N3. The van der Waals surface area contributed by atoms with Crippen molar-refractivity contribution in [1.82, 2.24) is 4.98 Å². The highest BCUT2D eigenvalue weighted by atomic mass is 79.9. The molecule has 1 aromatic carbocycles. The lowest BCUT2D eigenvalue weighted by molar-refractivity contribution is 1.25. The minimum Gasteiger partial charge on any atom is -0.397 e. The highest BCUT2D eigenvalue weighted by Crippen LogP contribution is 2.32. The van der Waals surface area contributed by atoms with E-state index in [0.29, 0.717) is 5.69 Å². The Kier molecular flexibility index (Phi) is 3.92. The van der Waals surface area contributed by atoms with E-state index >= 15 is 0 Å². The smallest absolute Gasteiger partial charge is 0.145 e. The number of rotatable bonds is 2. The van der Waals surface area contributed by atoms with Gasteiger partial charge in [-0.3, -0.25) is 0 Å². The molecule has 0 aliphatic heterocycles. The van der Waals surface area contributed by atoms with E-state index in [4.69, 9.17) is 5.73 Å². The number of aryl methyl sites for hydroxylation is 1. The van der Waals surface area contributed by atoms with Crippen LogP contribution in [-0.4, -0.2) is 4.98 Å². The summed E-state index contributed by atoms with van der Waals surface area (Å²) in [6, 6.07) is 6.12. The van der Waals surface area contributed by atoms with Crippen molar-refractivity contribution >= 4 is 49.1 Å². The molecule has 0 saturated heterocycles. The maximum Gasteiger partial charge on any atom is 0.145 e. The second-order valence-electron chi connectivity index (χ2n) is 4.11. The third-order valence-corrected chi connectivity index (χ3v) is 4.34. The van der Waals surface area contributed by atoms with E-state index in [1.54, 1.807) is 6.20 Å². The van der Waals surface area contributed by atoms with Crippen molar-refractivity contribution in [3.05, 3.63) is 44.5 Å². The van der Waals surface area contributed by atoms with Gasteiger partial charge in [0.2, 0.25) is 0 Å². The summed E-state index contributed by atoms with van der Waals surface area (Å²) < 4.78 is 1.88. The molecule has 0 spiro atoms. The van der Waals surface area contributed by atoms with E-state index in [0.717, 1.165) is 26.0 Å². The lowest BCUT2D eigenvalue weighted by Gasteiger charge is -2.12. The first-order valence-corrected chi connectivity index (χ1v) is 7.01. The Labute approximate surface area is 123 Å². The zero-order valence-electron chi connectivity index (χ0n) is 10.1. The first-order valence-electron chi connectivity index (χ1n) is 5.43. The molecule has 0 bridgehead atoms. The summed E-state index contributed by atoms with van der Waals surface area (Å²) in [5.74, 6) is 0.757. The number of hydrogen-bond donors (Lipinski definition) is 2. The molecule has 0 aliphatic rings. The molecule has 3 nitrogen and oxygen atoms in total. The van der Waals surface area contributed by atoms with Crippen molar-refractivity contribution in [2.75, 3.05) is 11.1 Å². The number of pyridine rings is 1. The van der Waals surface area contributed by atoms with Crippen LogP contribution in [0, 0.1) is 13.8 Å². The van der Waals surface area contributed by atoms with Crippen molar-refractivity contribution in [3.63, 3.8) is 0 Å². The van der Waals surface area contributed by atoms with Gasteiger partial charge in [-0.1, -0.05) is 6.07 Å². The third kappa shape index (κ3) is 2.67. The van der Waals surface area contributed by atoms with Gasteiger partial charge in [-0.2, -0.15) is 0 Å². The Morgan fingerprint density at radius 3 is 2.67 bits per heavy atom. The lowest BCUT2D eigenvalue weighted by atomic mass is 10.2. The molecular weight excluding hydrogens is 358 g/mol. The van der Waals surface area contributed by atoms with Crippen LogP contribution in [0.5, 0.6) is 0 Å². The van der Waals surface area contributed by atoms with E-state index in [-0.39, 0.29) is 0 Å². The Morgan fingerprint density at radius 2 is 1.94 bits per heavy atom. The van der Waals surface area contributed by atoms with Crippen LogP contribution in [0.15, 0.2) is 33.3 Å². The van der Waals surface area contributed by atoms with Gasteiger partial charge in [0.25, 0.3) is 0 Å². The molecule has 1 aromatic heterocycles. The van der Waals surface area contributed by atoms with Crippen LogP contribution in [0.4, 0.5) is 17.2 Å². The van der Waals surface area contributed by atoms with Crippen LogP contribution >= 0.6 is 31.9 Å². The monoisotopic (exact) mass is 369 g/mol. The average Bonchev–Trinajstić information content (AvgIpc) is 2.34. The lowest BCUT2D eigenvalue weighted by Crippen LogP contribution is -2.00. The van der Waals surface area contributed by atoms with Gasteiger partial charge in [0.05, 0.1) is 22.0 Å². The Morgan fingerprint density at radius 1 is 1.22 bits per heavy atom. The van der Waals surface area contributed by atoms with Gasteiger partial charge < -0.3 is 11.1 Å². The maximum atomic E-state index is 5.81. The summed E-state index contributed by atoms with van der Waals surface area (Å²) in [6.45, 7) is 4.01. The van der Waals surface area contributed by atoms with Gasteiger partial charge in [-0.25, -0.2) is 4.98 Å². The number of nitrogens with zero attached hydrogens (tertiary/aromatic N) is 1. The molecule has 3 N–H and O–H groups in total. The molecule has 0 saturated carbocycles. The molecule has 0 fully saturated rings. The van der Waals surface area contributed by atoms with Crippen molar-refractivity contribution in [3.8, 4) is 0 Å². The fraction of sp³-hybridized carbons (Fsp3) is 0.154. The fourth-order valence-electron chi connectivity index (χ4n) is 1.54. The Bertz CT molecular complexity index is 597. The summed E-state index contributed by atoms with van der Waals surface area (Å²) in [5.41, 5.74) is 9.63. The van der Waals surface area contributed by atoms with Crippen LogP contribution in [0.2, 0.25) is 0 Å². The third-order valence-electron chi connectivity index (χ3n) is 2.68. The molecule has 0 unspecified atom stereocenters. The molecule has 18 heavy (non-hydrogen) atoms. The summed E-state index contributed by atoms with van der Waals surface area (Å²) in [5, 5.41) is 3.29. The summed E-state index contributed by atoms with van der Waals surface area (Å²) in [4.78, 5) is 4.30. The Hall–Kier alpha value is -1.07. The van der Waals surface area contributed by atoms with Crippen LogP contribution in [-0.2, 0) is 0 Å². The van der Waals surface area contributed by atoms with Gasteiger partial charge in [0.15, 0.2) is 0 Å². The van der Waals surface area contributed by atoms with Crippen molar-refractivity contribution in [1.29, 1.82) is 0 Å². The number of nitrogen functional groups attached to an aromatic ring is 1. The Balaban J connectivity index is 2.40. The van der Waals surface area contributed by atoms with Gasteiger partial charge in [-0.15, -0.1) is 0 Å². The van der Waals surface area contributed by atoms with Crippen LogP contribution in [0.25, 0.3) is 0 Å². The van der Waals surface area contributed by atoms with Gasteiger partial charge >= 0.3 is 0 Å². The average molecular weight is 371 g/mol. The molecule has 0 aliphatic carbocycles. The predicted octanol–water partition coefficient (Wildman–Crippen LogP) is 4.55. The zero-order chi connectivity index (χ0) is 13.3. The topological polar surface area (TPSA) is 50.9 Å². The van der Waals surface area contributed by atoms with Crippen LogP contribution in [0.3, 0.4) is 0 Å². The number of nitrogens with two attached hydrogens (primary N) is 1. The number of benzene rings is 1. The molecule has 2 aromatic rings. The van der Waals surface area contributed by atoms with E-state index in [2.05, 4.69) is 48.2 Å². The van der Waals surface area contributed by atoms with E-state index in [1.807, 2.05) is 26.0 Å². The quantitative estimate of drug-likeness (QED) is 0.815. The summed E-state index contributed by atoms with van der Waals surface area (Å²) in [6.07, 6.45) is 1.66. The van der Waals surface area contributed by atoms with Gasteiger partial charge in [-0.05, 0) is 69.0 Å². The molecule has 5 heteroatoms. The number of halogens is 2. The van der Waals surface area contributed by atoms with Gasteiger partial charge in [0.1, 0.15) is 5.82 Å². The predicted molar refractivity (Wildman–Crippen MR) is 83.2 cm³/mol. The number of anilines is 3. The maximum absolute atomic E-state index is 5.81. The van der Waals surface area contributed by atoms with E-state index in [1.165, 1.54) is 5.56 Å². The number of aromatic nitrogens is 1. The standard InChI is InChI=1S/C13H13Br2N3/c1-7-3-4-9(14)11(5-7)18-13-12(15)8(2)10(16)6-17-13/h3-6H,16H2,1-2H3,(H,17,18). The largest absolute Gasteiger partial charge is 0.397 e. The minimum atomic E-state index is 0.677. The van der Waals surface area contributed by atoms with Crippen molar-refractivity contribution in [2.24, 2.45) is 0 Å². The number of nitrogens with one attached hydrogen (secondary N) is 1. The fourth-order valence-corrected chi connectivity index (χ4v) is 2.32.